The van der Waals surface area contributed by atoms with Crippen molar-refractivity contribution >= 4 is 46.2 Å². The second-order valence-corrected chi connectivity index (χ2v) is 11.4. The number of aromatic nitrogens is 2. The standard InChI is InChI=1S/C27H25Cl2N5OS/c1-3-36(35)33-25-19-8-5-4-7-18(19)15-27(25)11-13-34(14-12-27)26-31-17(2)23(22(16-30)32-26)20-9-6-10-21(28)24(20)29/h4-10H,3,11-15H2,1-2H3. The molecule has 2 aliphatic rings. The Hall–Kier alpha value is -2.63. The van der Waals surface area contributed by atoms with Crippen LogP contribution in [-0.4, -0.2) is 39.1 Å². The van der Waals surface area contributed by atoms with Gasteiger partial charge >= 0.3 is 0 Å². The number of piperidine rings is 1. The molecule has 1 spiro atoms. The third kappa shape index (κ3) is 4.37. The molecule has 0 N–H and O–H groups in total. The van der Waals surface area contributed by atoms with Crippen LogP contribution >= 0.6 is 23.2 Å². The Balaban J connectivity index is 1.45. The quantitative estimate of drug-likeness (QED) is 0.384. The monoisotopic (exact) mass is 537 g/mol. The lowest BCUT2D eigenvalue weighted by atomic mass is 9.74. The van der Waals surface area contributed by atoms with E-state index in [2.05, 4.69) is 38.5 Å². The minimum absolute atomic E-state index is 0.146. The second kappa shape index (κ2) is 10.0. The van der Waals surface area contributed by atoms with E-state index in [1.807, 2.05) is 26.0 Å². The lowest BCUT2D eigenvalue weighted by Gasteiger charge is -2.39. The van der Waals surface area contributed by atoms with Gasteiger partial charge in [-0.05, 0) is 44.7 Å². The van der Waals surface area contributed by atoms with E-state index in [1.54, 1.807) is 12.1 Å². The predicted molar refractivity (Wildman–Crippen MR) is 146 cm³/mol. The molecule has 5 rings (SSSR count). The van der Waals surface area contributed by atoms with E-state index in [9.17, 15) is 9.81 Å². The number of halogens is 2. The molecule has 2 heterocycles. The molecule has 0 saturated carbocycles. The molecular formula is C27H25Cl2N5OS. The summed E-state index contributed by atoms with van der Waals surface area (Å²) in [5, 5.41) is 10.7. The summed E-state index contributed by atoms with van der Waals surface area (Å²) in [5.41, 5.74) is 5.41. The fraction of sp³-hybridized carbons (Fsp3) is 0.333. The van der Waals surface area contributed by atoms with Gasteiger partial charge in [0, 0.05) is 35.2 Å². The molecule has 6 nitrogen and oxygen atoms in total. The fourth-order valence-corrected chi connectivity index (χ4v) is 6.32. The van der Waals surface area contributed by atoms with Crippen molar-refractivity contribution in [1.29, 1.82) is 5.26 Å². The average molecular weight is 539 g/mol. The summed E-state index contributed by atoms with van der Waals surface area (Å²) >= 11 is 11.4. The van der Waals surface area contributed by atoms with Crippen LogP contribution in [0.15, 0.2) is 46.9 Å². The smallest absolute Gasteiger partial charge is 0.226 e. The number of nitriles is 1. The number of benzene rings is 2. The minimum Gasteiger partial charge on any atom is -0.591 e. The average Bonchev–Trinajstić information content (AvgIpc) is 3.18. The van der Waals surface area contributed by atoms with Gasteiger partial charge in [0.15, 0.2) is 5.69 Å². The van der Waals surface area contributed by atoms with Crippen LogP contribution in [0.5, 0.6) is 0 Å². The van der Waals surface area contributed by atoms with Crippen molar-refractivity contribution in [2.75, 3.05) is 23.7 Å². The molecule has 1 aromatic heterocycles. The van der Waals surface area contributed by atoms with E-state index in [-0.39, 0.29) is 11.1 Å². The van der Waals surface area contributed by atoms with Crippen molar-refractivity contribution in [3.8, 4) is 17.2 Å². The Kier molecular flexibility index (Phi) is 6.97. The largest absolute Gasteiger partial charge is 0.591 e. The molecule has 1 aliphatic heterocycles. The summed E-state index contributed by atoms with van der Waals surface area (Å²) in [6, 6.07) is 15.9. The Morgan fingerprint density at radius 1 is 1.11 bits per heavy atom. The Labute approximate surface area is 224 Å². The van der Waals surface area contributed by atoms with Gasteiger partial charge in [0.2, 0.25) is 5.95 Å². The van der Waals surface area contributed by atoms with Crippen molar-refractivity contribution in [3.05, 3.63) is 75.0 Å². The Morgan fingerprint density at radius 3 is 2.56 bits per heavy atom. The first-order valence-corrected chi connectivity index (χ1v) is 13.9. The van der Waals surface area contributed by atoms with Crippen molar-refractivity contribution in [3.63, 3.8) is 0 Å². The van der Waals surface area contributed by atoms with E-state index >= 15 is 0 Å². The van der Waals surface area contributed by atoms with Gasteiger partial charge in [-0.1, -0.05) is 64.0 Å². The molecule has 3 aromatic rings. The van der Waals surface area contributed by atoms with Gasteiger partial charge in [-0.3, -0.25) is 0 Å². The number of fused-ring (bicyclic) bond motifs is 1. The van der Waals surface area contributed by atoms with Crippen LogP contribution in [0.4, 0.5) is 5.95 Å². The molecule has 0 bridgehead atoms. The first-order chi connectivity index (χ1) is 17.4. The maximum absolute atomic E-state index is 12.4. The normalized spacial score (nSPS) is 18.3. The zero-order chi connectivity index (χ0) is 25.4. The van der Waals surface area contributed by atoms with Gasteiger partial charge < -0.3 is 9.45 Å². The van der Waals surface area contributed by atoms with E-state index in [4.69, 9.17) is 28.2 Å². The van der Waals surface area contributed by atoms with Crippen LogP contribution in [0.3, 0.4) is 0 Å². The molecule has 184 valence electrons. The number of anilines is 1. The fourth-order valence-electron chi connectivity index (χ4n) is 5.30. The van der Waals surface area contributed by atoms with E-state index in [1.165, 1.54) is 5.56 Å². The molecule has 1 saturated heterocycles. The topological polar surface area (TPSA) is 88.2 Å². The third-order valence-electron chi connectivity index (χ3n) is 7.15. The zero-order valence-corrected chi connectivity index (χ0v) is 22.4. The number of rotatable bonds is 4. The molecular weight excluding hydrogens is 513 g/mol. The van der Waals surface area contributed by atoms with Crippen LogP contribution < -0.4 is 4.90 Å². The summed E-state index contributed by atoms with van der Waals surface area (Å²) in [7, 11) is 0. The molecule has 2 aromatic carbocycles. The molecule has 1 unspecified atom stereocenters. The van der Waals surface area contributed by atoms with Gasteiger partial charge in [0.05, 0.1) is 27.1 Å². The molecule has 36 heavy (non-hydrogen) atoms. The molecule has 1 aliphatic carbocycles. The highest BCUT2D eigenvalue weighted by molar-refractivity contribution is 7.90. The highest BCUT2D eigenvalue weighted by atomic mass is 35.5. The van der Waals surface area contributed by atoms with Crippen LogP contribution in [0.1, 0.15) is 42.3 Å². The van der Waals surface area contributed by atoms with Crippen molar-refractivity contribution in [2.45, 2.75) is 33.1 Å². The second-order valence-electron chi connectivity index (χ2n) is 9.20. The molecule has 0 amide bonds. The van der Waals surface area contributed by atoms with E-state index < -0.39 is 11.4 Å². The van der Waals surface area contributed by atoms with Gasteiger partial charge in [-0.15, -0.1) is 0 Å². The predicted octanol–water partition coefficient (Wildman–Crippen LogP) is 5.95. The van der Waals surface area contributed by atoms with Gasteiger partial charge in [-0.2, -0.15) is 5.26 Å². The maximum Gasteiger partial charge on any atom is 0.226 e. The summed E-state index contributed by atoms with van der Waals surface area (Å²) in [4.78, 5) is 11.5. The first kappa shape index (κ1) is 25.0. The lowest BCUT2D eigenvalue weighted by Crippen LogP contribution is -2.44. The van der Waals surface area contributed by atoms with Crippen molar-refractivity contribution < 1.29 is 4.55 Å². The van der Waals surface area contributed by atoms with Crippen LogP contribution in [0.2, 0.25) is 10.0 Å². The summed E-state index contributed by atoms with van der Waals surface area (Å²) in [6.07, 6.45) is 2.58. The zero-order valence-electron chi connectivity index (χ0n) is 20.1. The molecule has 9 heteroatoms. The van der Waals surface area contributed by atoms with Crippen molar-refractivity contribution in [2.24, 2.45) is 9.81 Å². The number of aryl methyl sites for hydroxylation is 1. The minimum atomic E-state index is -1.24. The van der Waals surface area contributed by atoms with E-state index in [0.29, 0.717) is 51.7 Å². The first-order valence-electron chi connectivity index (χ1n) is 11.9. The summed E-state index contributed by atoms with van der Waals surface area (Å²) in [5.74, 6) is 1.04. The van der Waals surface area contributed by atoms with E-state index in [0.717, 1.165) is 30.5 Å². The number of nitrogens with zero attached hydrogens (tertiary/aromatic N) is 5. The Morgan fingerprint density at radius 2 is 1.83 bits per heavy atom. The van der Waals surface area contributed by atoms with Crippen LogP contribution in [-0.2, 0) is 17.8 Å². The molecule has 0 radical (unpaired) electrons. The lowest BCUT2D eigenvalue weighted by molar-refractivity contribution is 0.329. The highest BCUT2D eigenvalue weighted by Gasteiger charge is 2.47. The molecule has 1 atom stereocenters. The van der Waals surface area contributed by atoms with Gasteiger partial charge in [0.1, 0.15) is 17.5 Å². The summed E-state index contributed by atoms with van der Waals surface area (Å²) < 4.78 is 17.1. The van der Waals surface area contributed by atoms with Crippen LogP contribution in [0, 0.1) is 23.7 Å². The number of hydrogen-bond acceptors (Lipinski definition) is 6. The highest BCUT2D eigenvalue weighted by Crippen LogP contribution is 2.46. The van der Waals surface area contributed by atoms with Gasteiger partial charge in [-0.25, -0.2) is 9.97 Å². The Bertz CT molecular complexity index is 1400. The maximum atomic E-state index is 12.4. The van der Waals surface area contributed by atoms with Gasteiger partial charge in [0.25, 0.3) is 0 Å². The van der Waals surface area contributed by atoms with Crippen molar-refractivity contribution in [1.82, 2.24) is 9.97 Å². The number of hydrogen-bond donors (Lipinski definition) is 0. The SMILES string of the molecule is CC[S+]([O-])N=C1c2ccccc2CC12CCN(c1nc(C)c(-c3cccc(Cl)c3Cl)c(C#N)n1)CC2. The third-order valence-corrected chi connectivity index (χ3v) is 8.85. The molecule has 1 fully saturated rings. The summed E-state index contributed by atoms with van der Waals surface area (Å²) in [6.45, 7) is 5.19. The van der Waals surface area contributed by atoms with Crippen LogP contribution in [0.25, 0.3) is 11.1 Å².